The van der Waals surface area contributed by atoms with Crippen LogP contribution in [0.3, 0.4) is 0 Å². The smallest absolute Gasteiger partial charge is 0.329 e. The fourth-order valence-electron chi connectivity index (χ4n) is 4.36. The Balaban J connectivity index is 1.75. The van der Waals surface area contributed by atoms with Gasteiger partial charge in [0.15, 0.2) is 5.65 Å². The molecule has 3 heterocycles. The number of likely N-dealkylation sites (tertiary alicyclic amines) is 1. The predicted molar refractivity (Wildman–Crippen MR) is 134 cm³/mol. The number of ether oxygens (including phenoxy) is 1. The van der Waals surface area contributed by atoms with E-state index in [2.05, 4.69) is 16.9 Å². The van der Waals surface area contributed by atoms with Crippen LogP contribution in [0.15, 0.2) is 18.6 Å². The predicted octanol–water partition coefficient (Wildman–Crippen LogP) is 2.51. The third-order valence-electron chi connectivity index (χ3n) is 7.01. The number of esters is 1. The summed E-state index contributed by atoms with van der Waals surface area (Å²) in [6, 6.07) is 3.45. The van der Waals surface area contributed by atoms with Gasteiger partial charge in [-0.25, -0.2) is 14.8 Å². The second-order valence-electron chi connectivity index (χ2n) is 9.42. The maximum Gasteiger partial charge on any atom is 0.329 e. The molecule has 194 valence electrons. The van der Waals surface area contributed by atoms with E-state index in [1.165, 1.54) is 15.8 Å². The Morgan fingerprint density at radius 3 is 2.75 bits per heavy atom. The zero-order valence-corrected chi connectivity index (χ0v) is 21.7. The van der Waals surface area contributed by atoms with Crippen LogP contribution in [0.1, 0.15) is 40.0 Å². The molecule has 0 spiro atoms. The first-order valence-electron chi connectivity index (χ1n) is 12.3. The largest absolute Gasteiger partial charge is 0.464 e. The van der Waals surface area contributed by atoms with Crippen molar-refractivity contribution in [3.63, 3.8) is 0 Å². The van der Waals surface area contributed by atoms with Gasteiger partial charge in [-0.2, -0.15) is 5.26 Å². The first kappa shape index (κ1) is 26.9. The van der Waals surface area contributed by atoms with Gasteiger partial charge in [-0.3, -0.25) is 14.2 Å². The molecule has 11 heteroatoms. The van der Waals surface area contributed by atoms with Crippen molar-refractivity contribution < 1.29 is 19.1 Å². The van der Waals surface area contributed by atoms with Crippen molar-refractivity contribution in [3.05, 3.63) is 18.6 Å². The normalized spacial score (nSPS) is 18.4. The van der Waals surface area contributed by atoms with Crippen LogP contribution in [0.5, 0.6) is 0 Å². The molecule has 0 aromatic carbocycles. The highest BCUT2D eigenvalue weighted by Gasteiger charge is 2.33. The molecule has 0 aliphatic carbocycles. The number of fused-ring (bicyclic) bond motifs is 1. The van der Waals surface area contributed by atoms with Crippen LogP contribution < -0.4 is 4.90 Å². The number of anilines is 1. The van der Waals surface area contributed by atoms with Gasteiger partial charge in [-0.1, -0.05) is 20.8 Å². The molecule has 3 atom stereocenters. The van der Waals surface area contributed by atoms with Gasteiger partial charge in [0, 0.05) is 33.4 Å². The van der Waals surface area contributed by atoms with Gasteiger partial charge in [0.25, 0.3) is 0 Å². The number of rotatable bonds is 8. The van der Waals surface area contributed by atoms with Crippen molar-refractivity contribution in [3.8, 4) is 6.07 Å². The number of carbonyl (C=O) groups excluding carboxylic acids is 3. The van der Waals surface area contributed by atoms with Crippen LogP contribution in [0.2, 0.25) is 0 Å². The zero-order chi connectivity index (χ0) is 26.4. The lowest BCUT2D eigenvalue weighted by Crippen LogP contribution is -2.52. The number of nitrogens with zero attached hydrogens (tertiary/aromatic N) is 7. The Labute approximate surface area is 211 Å². The van der Waals surface area contributed by atoms with Crippen LogP contribution in [-0.4, -0.2) is 88.6 Å². The van der Waals surface area contributed by atoms with Gasteiger partial charge in [0.2, 0.25) is 5.91 Å². The second-order valence-corrected chi connectivity index (χ2v) is 9.42. The summed E-state index contributed by atoms with van der Waals surface area (Å²) in [6.07, 6.45) is 4.49. The first-order chi connectivity index (χ1) is 17.2. The number of hydrogen-bond donors (Lipinski definition) is 0. The van der Waals surface area contributed by atoms with Crippen molar-refractivity contribution in [1.82, 2.24) is 24.3 Å². The Morgan fingerprint density at radius 2 is 2.06 bits per heavy atom. The second kappa shape index (κ2) is 11.8. The number of hydrogen-bond acceptors (Lipinski definition) is 8. The third kappa shape index (κ3) is 5.75. The molecule has 2 aromatic rings. The van der Waals surface area contributed by atoms with Gasteiger partial charge in [-0.05, 0) is 24.8 Å². The van der Waals surface area contributed by atoms with Crippen LogP contribution in [-0.2, 0) is 14.3 Å². The number of aromatic nitrogens is 3. The van der Waals surface area contributed by atoms with Crippen molar-refractivity contribution >= 4 is 34.8 Å². The fraction of sp³-hybridized carbons (Fsp3) is 0.600. The van der Waals surface area contributed by atoms with Crippen molar-refractivity contribution in [2.24, 2.45) is 11.8 Å². The molecule has 2 aromatic heterocycles. The van der Waals surface area contributed by atoms with Crippen LogP contribution in [0.25, 0.3) is 11.0 Å². The van der Waals surface area contributed by atoms with Gasteiger partial charge in [0.1, 0.15) is 25.2 Å². The van der Waals surface area contributed by atoms with E-state index >= 15 is 0 Å². The summed E-state index contributed by atoms with van der Waals surface area (Å²) in [4.78, 5) is 51.4. The first-order valence-corrected chi connectivity index (χ1v) is 12.3. The molecule has 11 nitrogen and oxygen atoms in total. The quantitative estimate of drug-likeness (QED) is 0.510. The van der Waals surface area contributed by atoms with E-state index in [4.69, 9.17) is 10.00 Å². The molecule has 0 N–H and O–H groups in total. The van der Waals surface area contributed by atoms with Crippen molar-refractivity contribution in [2.75, 3.05) is 45.2 Å². The van der Waals surface area contributed by atoms with Crippen molar-refractivity contribution in [1.29, 1.82) is 5.26 Å². The molecule has 36 heavy (non-hydrogen) atoms. The molecule has 1 unspecified atom stereocenters. The van der Waals surface area contributed by atoms with E-state index in [0.717, 1.165) is 11.8 Å². The van der Waals surface area contributed by atoms with E-state index in [9.17, 15) is 14.4 Å². The van der Waals surface area contributed by atoms with Gasteiger partial charge in [-0.15, -0.1) is 0 Å². The number of likely N-dealkylation sites (N-methyl/N-ethyl adjacent to an activating group) is 2. The standard InChI is InChI=1S/C25H35N7O4/c1-6-17(2)24(34)36-14-13-29(4)25(35)32-12-9-19-22(27-16-28-23(19)32)30(5)20-15-31(11-8-18(20)3)21(33)7-10-26/h9,12,16-18,20H,6-8,11,13-15H2,1-5H3/t17?,18-,20+/m1/s1. The Hall–Kier alpha value is -3.68. The number of piperidine rings is 1. The monoisotopic (exact) mass is 497 g/mol. The van der Waals surface area contributed by atoms with Crippen molar-refractivity contribution in [2.45, 2.75) is 46.1 Å². The summed E-state index contributed by atoms with van der Waals surface area (Å²) < 4.78 is 6.72. The number of carbonyl (C=O) groups is 3. The summed E-state index contributed by atoms with van der Waals surface area (Å²) in [5, 5.41) is 9.62. The van der Waals surface area contributed by atoms with Gasteiger partial charge >= 0.3 is 12.0 Å². The lowest BCUT2D eigenvalue weighted by molar-refractivity contribution is -0.148. The number of amides is 2. The summed E-state index contributed by atoms with van der Waals surface area (Å²) >= 11 is 0. The van der Waals surface area contributed by atoms with Crippen LogP contribution in [0.4, 0.5) is 10.6 Å². The topological polar surface area (TPSA) is 125 Å². The summed E-state index contributed by atoms with van der Waals surface area (Å²) in [7, 11) is 3.58. The lowest BCUT2D eigenvalue weighted by Gasteiger charge is -2.42. The highest BCUT2D eigenvalue weighted by Crippen LogP contribution is 2.29. The molecule has 1 aliphatic heterocycles. The van der Waals surface area contributed by atoms with E-state index < -0.39 is 0 Å². The molecular formula is C25H35N7O4. The molecule has 3 rings (SSSR count). The molecule has 0 radical (unpaired) electrons. The lowest BCUT2D eigenvalue weighted by atomic mass is 9.92. The van der Waals surface area contributed by atoms with Crippen LogP contribution in [0, 0.1) is 23.2 Å². The fourth-order valence-corrected chi connectivity index (χ4v) is 4.36. The SMILES string of the molecule is CCC(C)C(=O)OCCN(C)C(=O)n1ccc2c(N(C)[C@H]3CN(C(=O)CC#N)CC[C@H]3C)ncnc21. The molecular weight excluding hydrogens is 462 g/mol. The summed E-state index contributed by atoms with van der Waals surface area (Å²) in [5.74, 6) is 0.373. The minimum Gasteiger partial charge on any atom is -0.464 e. The van der Waals surface area contributed by atoms with E-state index in [-0.39, 0.29) is 49.4 Å². The maximum absolute atomic E-state index is 13.1. The molecule has 1 fully saturated rings. The third-order valence-corrected chi connectivity index (χ3v) is 7.01. The van der Waals surface area contributed by atoms with Crippen LogP contribution >= 0.6 is 0 Å². The Morgan fingerprint density at radius 1 is 1.31 bits per heavy atom. The van der Waals surface area contributed by atoms with Gasteiger partial charge in [0.05, 0.1) is 30.0 Å². The Bertz CT molecular complexity index is 1140. The number of nitriles is 1. The average Bonchev–Trinajstić information content (AvgIpc) is 3.31. The molecule has 0 bridgehead atoms. The summed E-state index contributed by atoms with van der Waals surface area (Å²) in [6.45, 7) is 7.39. The highest BCUT2D eigenvalue weighted by molar-refractivity contribution is 5.94. The highest BCUT2D eigenvalue weighted by atomic mass is 16.5. The molecule has 2 amide bonds. The maximum atomic E-state index is 13.1. The molecule has 0 saturated carbocycles. The minimum absolute atomic E-state index is 0.00131. The molecule has 1 saturated heterocycles. The van der Waals surface area contributed by atoms with E-state index in [1.54, 1.807) is 18.1 Å². The van der Waals surface area contributed by atoms with Gasteiger partial charge < -0.3 is 19.4 Å². The Kier molecular flexibility index (Phi) is 8.85. The average molecular weight is 498 g/mol. The zero-order valence-electron chi connectivity index (χ0n) is 21.7. The van der Waals surface area contributed by atoms with E-state index in [1.807, 2.05) is 37.9 Å². The molecule has 1 aliphatic rings. The minimum atomic E-state index is -0.295. The summed E-state index contributed by atoms with van der Waals surface area (Å²) in [5.41, 5.74) is 0.473. The van der Waals surface area contributed by atoms with E-state index in [0.29, 0.717) is 36.9 Å².